The Morgan fingerprint density at radius 3 is 2.68 bits per heavy atom. The molecule has 7 heteroatoms. The lowest BCUT2D eigenvalue weighted by Crippen LogP contribution is -2.15. The number of ether oxygens (including phenoxy) is 2. The van der Waals surface area contributed by atoms with Crippen LogP contribution >= 0.6 is 11.8 Å². The molecule has 3 aromatic rings. The second-order valence-corrected chi connectivity index (χ2v) is 6.46. The van der Waals surface area contributed by atoms with Crippen LogP contribution in [0.2, 0.25) is 0 Å². The van der Waals surface area contributed by atoms with Crippen LogP contribution in [-0.4, -0.2) is 22.0 Å². The molecule has 0 saturated carbocycles. The van der Waals surface area contributed by atoms with Gasteiger partial charge in [0.2, 0.25) is 5.16 Å². The minimum atomic E-state index is 0.238. The Balaban J connectivity index is 1.60. The van der Waals surface area contributed by atoms with Gasteiger partial charge < -0.3 is 15.3 Å². The molecule has 0 radical (unpaired) electrons. The molecule has 0 aliphatic rings. The van der Waals surface area contributed by atoms with Gasteiger partial charge in [-0.05, 0) is 24.6 Å². The number of hydrogen-bond acceptors (Lipinski definition) is 6. The highest BCUT2D eigenvalue weighted by molar-refractivity contribution is 7.98. The van der Waals surface area contributed by atoms with E-state index >= 15 is 0 Å². The zero-order valence-electron chi connectivity index (χ0n) is 14.2. The number of rotatable bonds is 7. The summed E-state index contributed by atoms with van der Waals surface area (Å²) in [6.45, 7) is 2.31. The SMILES string of the molecule is COc1cccc(OCc2nnc(SCc3cccc(C)c3)n2N)c1. The maximum absolute atomic E-state index is 6.08. The zero-order valence-corrected chi connectivity index (χ0v) is 15.0. The lowest BCUT2D eigenvalue weighted by Gasteiger charge is -2.07. The molecule has 1 heterocycles. The Bertz CT molecular complexity index is 851. The van der Waals surface area contributed by atoms with Crippen LogP contribution < -0.4 is 15.3 Å². The standard InChI is InChI=1S/C18H20N4O2S/c1-13-5-3-6-14(9-13)12-25-18-21-20-17(22(18)19)11-24-16-8-4-7-15(10-16)23-2/h3-10H,11-12,19H2,1-2H3. The van der Waals surface area contributed by atoms with Gasteiger partial charge in [0.1, 0.15) is 18.1 Å². The lowest BCUT2D eigenvalue weighted by molar-refractivity contribution is 0.289. The minimum absolute atomic E-state index is 0.238. The van der Waals surface area contributed by atoms with Crippen molar-refractivity contribution in [2.75, 3.05) is 13.0 Å². The molecule has 2 aromatic carbocycles. The Morgan fingerprint density at radius 2 is 1.88 bits per heavy atom. The van der Waals surface area contributed by atoms with Crippen molar-refractivity contribution in [3.63, 3.8) is 0 Å². The summed E-state index contributed by atoms with van der Waals surface area (Å²) < 4.78 is 12.4. The van der Waals surface area contributed by atoms with Crippen LogP contribution in [0.5, 0.6) is 11.5 Å². The number of aromatic nitrogens is 3. The second kappa shape index (κ2) is 7.94. The molecule has 0 spiro atoms. The number of nitrogen functional groups attached to an aromatic ring is 1. The quantitative estimate of drug-likeness (QED) is 0.518. The van der Waals surface area contributed by atoms with E-state index in [1.54, 1.807) is 18.9 Å². The number of benzene rings is 2. The molecule has 6 nitrogen and oxygen atoms in total. The second-order valence-electron chi connectivity index (χ2n) is 5.51. The molecular weight excluding hydrogens is 336 g/mol. The van der Waals surface area contributed by atoms with Crippen LogP contribution in [0.4, 0.5) is 0 Å². The van der Waals surface area contributed by atoms with Crippen LogP contribution in [0, 0.1) is 6.92 Å². The van der Waals surface area contributed by atoms with Crippen molar-refractivity contribution in [3.05, 3.63) is 65.5 Å². The van der Waals surface area contributed by atoms with Gasteiger partial charge in [-0.3, -0.25) is 0 Å². The van der Waals surface area contributed by atoms with E-state index in [0.29, 0.717) is 16.7 Å². The molecule has 0 saturated heterocycles. The molecule has 0 fully saturated rings. The van der Waals surface area contributed by atoms with Gasteiger partial charge in [-0.25, -0.2) is 4.68 Å². The van der Waals surface area contributed by atoms with Crippen molar-refractivity contribution in [1.29, 1.82) is 0 Å². The predicted molar refractivity (Wildman–Crippen MR) is 98.2 cm³/mol. The molecule has 0 atom stereocenters. The number of nitrogens with two attached hydrogens (primary N) is 1. The number of methoxy groups -OCH3 is 1. The summed E-state index contributed by atoms with van der Waals surface area (Å²) in [6, 6.07) is 15.8. The molecular formula is C18H20N4O2S. The third kappa shape index (κ3) is 4.45. The molecule has 0 bridgehead atoms. The summed E-state index contributed by atoms with van der Waals surface area (Å²) in [5, 5.41) is 8.92. The fourth-order valence-electron chi connectivity index (χ4n) is 2.29. The smallest absolute Gasteiger partial charge is 0.210 e. The van der Waals surface area contributed by atoms with Crippen LogP contribution in [0.3, 0.4) is 0 Å². The molecule has 2 N–H and O–H groups in total. The van der Waals surface area contributed by atoms with E-state index in [9.17, 15) is 0 Å². The van der Waals surface area contributed by atoms with Gasteiger partial charge >= 0.3 is 0 Å². The van der Waals surface area contributed by atoms with Crippen LogP contribution in [0.25, 0.3) is 0 Å². The van der Waals surface area contributed by atoms with Gasteiger partial charge in [-0.2, -0.15) is 0 Å². The van der Waals surface area contributed by atoms with Gasteiger partial charge in [0.25, 0.3) is 0 Å². The molecule has 0 aliphatic heterocycles. The van der Waals surface area contributed by atoms with Crippen molar-refractivity contribution in [2.45, 2.75) is 24.4 Å². The van der Waals surface area contributed by atoms with E-state index in [-0.39, 0.29) is 6.61 Å². The first kappa shape index (κ1) is 17.2. The van der Waals surface area contributed by atoms with E-state index in [1.807, 2.05) is 30.3 Å². The first-order chi connectivity index (χ1) is 12.2. The largest absolute Gasteiger partial charge is 0.497 e. The first-order valence-electron chi connectivity index (χ1n) is 7.80. The third-order valence-corrected chi connectivity index (χ3v) is 4.61. The maximum atomic E-state index is 6.08. The predicted octanol–water partition coefficient (Wildman–Crippen LogP) is 3.18. The van der Waals surface area contributed by atoms with Gasteiger partial charge in [-0.15, -0.1) is 10.2 Å². The molecule has 0 amide bonds. The number of thioether (sulfide) groups is 1. The highest BCUT2D eigenvalue weighted by atomic mass is 32.2. The van der Waals surface area contributed by atoms with Crippen molar-refractivity contribution in [2.24, 2.45) is 0 Å². The van der Waals surface area contributed by atoms with E-state index in [0.717, 1.165) is 11.5 Å². The van der Waals surface area contributed by atoms with Gasteiger partial charge in [0.05, 0.1) is 7.11 Å². The monoisotopic (exact) mass is 356 g/mol. The number of hydrogen-bond donors (Lipinski definition) is 1. The van der Waals surface area contributed by atoms with E-state index in [2.05, 4.69) is 35.3 Å². The Kier molecular flexibility index (Phi) is 5.45. The zero-order chi connectivity index (χ0) is 17.6. The summed E-state index contributed by atoms with van der Waals surface area (Å²) in [7, 11) is 1.62. The summed E-state index contributed by atoms with van der Waals surface area (Å²) in [6.07, 6.45) is 0. The normalized spacial score (nSPS) is 10.6. The minimum Gasteiger partial charge on any atom is -0.497 e. The fraction of sp³-hybridized carbons (Fsp3) is 0.222. The van der Waals surface area contributed by atoms with E-state index in [1.165, 1.54) is 15.8 Å². The first-order valence-corrected chi connectivity index (χ1v) is 8.79. The molecule has 1 aromatic heterocycles. The number of nitrogens with zero attached hydrogens (tertiary/aromatic N) is 3. The fourth-order valence-corrected chi connectivity index (χ4v) is 3.11. The van der Waals surface area contributed by atoms with Gasteiger partial charge in [-0.1, -0.05) is 47.7 Å². The maximum Gasteiger partial charge on any atom is 0.210 e. The van der Waals surface area contributed by atoms with Crippen LogP contribution in [0.1, 0.15) is 17.0 Å². The molecule has 25 heavy (non-hydrogen) atoms. The molecule has 0 aliphatic carbocycles. The molecule has 130 valence electrons. The van der Waals surface area contributed by atoms with Gasteiger partial charge in [0, 0.05) is 11.8 Å². The van der Waals surface area contributed by atoms with Crippen molar-refractivity contribution in [1.82, 2.24) is 14.9 Å². The highest BCUT2D eigenvalue weighted by Gasteiger charge is 2.11. The van der Waals surface area contributed by atoms with Crippen molar-refractivity contribution < 1.29 is 9.47 Å². The average molecular weight is 356 g/mol. The topological polar surface area (TPSA) is 75.2 Å². The lowest BCUT2D eigenvalue weighted by atomic mass is 10.2. The average Bonchev–Trinajstić information content (AvgIpc) is 2.98. The third-order valence-electron chi connectivity index (χ3n) is 3.59. The summed E-state index contributed by atoms with van der Waals surface area (Å²) >= 11 is 1.55. The summed E-state index contributed by atoms with van der Waals surface area (Å²) in [5.41, 5.74) is 2.46. The van der Waals surface area contributed by atoms with Crippen LogP contribution in [0.15, 0.2) is 53.7 Å². The summed E-state index contributed by atoms with van der Waals surface area (Å²) in [4.78, 5) is 0. The van der Waals surface area contributed by atoms with Gasteiger partial charge in [0.15, 0.2) is 5.82 Å². The van der Waals surface area contributed by atoms with Crippen molar-refractivity contribution in [3.8, 4) is 11.5 Å². The Morgan fingerprint density at radius 1 is 1.08 bits per heavy atom. The number of aryl methyl sites for hydroxylation is 1. The van der Waals surface area contributed by atoms with Crippen molar-refractivity contribution >= 4 is 11.8 Å². The van der Waals surface area contributed by atoms with Crippen LogP contribution in [-0.2, 0) is 12.4 Å². The molecule has 3 rings (SSSR count). The summed E-state index contributed by atoms with van der Waals surface area (Å²) in [5.74, 6) is 8.86. The van der Waals surface area contributed by atoms with E-state index in [4.69, 9.17) is 15.3 Å². The highest BCUT2D eigenvalue weighted by Crippen LogP contribution is 2.22. The Hall–Kier alpha value is -2.67. The molecule has 0 unspecified atom stereocenters. The Labute approximate surface area is 150 Å². The van der Waals surface area contributed by atoms with E-state index < -0.39 is 0 Å².